The van der Waals surface area contributed by atoms with Gasteiger partial charge in [-0.2, -0.15) is 0 Å². The van der Waals surface area contributed by atoms with Crippen LogP contribution in [-0.2, 0) is 4.74 Å². The molecule has 6 nitrogen and oxygen atoms in total. The van der Waals surface area contributed by atoms with Gasteiger partial charge < -0.3 is 15.0 Å². The molecule has 3 rings (SSSR count). The summed E-state index contributed by atoms with van der Waals surface area (Å²) in [7, 11) is 0. The number of nitrogens with one attached hydrogen (secondary N) is 1. The third-order valence-corrected chi connectivity index (χ3v) is 3.93. The molecule has 0 radical (unpaired) electrons. The largest absolute Gasteiger partial charge is 0.378 e. The molecule has 1 aromatic heterocycles. The number of carbonyl (C=O) groups is 1. The van der Waals surface area contributed by atoms with Gasteiger partial charge in [0.25, 0.3) is 5.91 Å². The van der Waals surface area contributed by atoms with Gasteiger partial charge in [0.05, 0.1) is 13.2 Å². The number of carbonyl (C=O) groups excluding carboxylic acids is 1. The first-order valence-electron chi connectivity index (χ1n) is 7.47. The van der Waals surface area contributed by atoms with E-state index in [1.165, 1.54) is 0 Å². The number of aromatic nitrogens is 2. The van der Waals surface area contributed by atoms with Crippen molar-refractivity contribution in [1.82, 2.24) is 14.9 Å². The summed E-state index contributed by atoms with van der Waals surface area (Å²) in [6.45, 7) is 3.96. The Hall–Kier alpha value is -1.89. The van der Waals surface area contributed by atoms with E-state index in [2.05, 4.69) is 15.3 Å². The van der Waals surface area contributed by atoms with Gasteiger partial charge in [-0.1, -0.05) is 23.2 Å². The van der Waals surface area contributed by atoms with Crippen LogP contribution in [0.5, 0.6) is 0 Å². The molecule has 8 heteroatoms. The van der Waals surface area contributed by atoms with E-state index in [1.54, 1.807) is 36.1 Å². The molecule has 126 valence electrons. The Morgan fingerprint density at radius 3 is 2.46 bits per heavy atom. The lowest BCUT2D eigenvalue weighted by Gasteiger charge is -2.26. The summed E-state index contributed by atoms with van der Waals surface area (Å²) in [4.78, 5) is 22.9. The smallest absolute Gasteiger partial charge is 0.272 e. The highest BCUT2D eigenvalue weighted by Crippen LogP contribution is 2.25. The molecule has 1 saturated heterocycles. The maximum absolute atomic E-state index is 12.6. The van der Waals surface area contributed by atoms with Gasteiger partial charge in [-0.3, -0.25) is 4.79 Å². The second-order valence-corrected chi connectivity index (χ2v) is 6.25. The number of benzene rings is 1. The lowest BCUT2D eigenvalue weighted by molar-refractivity contribution is 0.0299. The molecule has 0 spiro atoms. The summed E-state index contributed by atoms with van der Waals surface area (Å²) >= 11 is 12.0. The van der Waals surface area contributed by atoms with Crippen LogP contribution in [0.25, 0.3) is 0 Å². The second-order valence-electron chi connectivity index (χ2n) is 5.37. The molecule has 1 aliphatic rings. The third-order valence-electron chi connectivity index (χ3n) is 3.49. The van der Waals surface area contributed by atoms with E-state index in [0.717, 1.165) is 0 Å². The molecule has 1 aliphatic heterocycles. The molecule has 1 aromatic carbocycles. The summed E-state index contributed by atoms with van der Waals surface area (Å²) in [6, 6.07) is 6.73. The molecule has 24 heavy (non-hydrogen) atoms. The van der Waals surface area contributed by atoms with Crippen molar-refractivity contribution >= 4 is 40.6 Å². The van der Waals surface area contributed by atoms with Crippen molar-refractivity contribution in [3.8, 4) is 0 Å². The number of hydrogen-bond acceptors (Lipinski definition) is 5. The molecule has 0 unspecified atom stereocenters. The van der Waals surface area contributed by atoms with Gasteiger partial charge in [-0.05, 0) is 25.1 Å². The molecular formula is C16H16Cl2N4O2. The molecule has 1 N–H and O–H groups in total. The Morgan fingerprint density at radius 1 is 1.12 bits per heavy atom. The molecule has 0 atom stereocenters. The van der Waals surface area contributed by atoms with E-state index >= 15 is 0 Å². The van der Waals surface area contributed by atoms with Crippen molar-refractivity contribution in [2.75, 3.05) is 31.6 Å². The number of morpholine rings is 1. The van der Waals surface area contributed by atoms with Gasteiger partial charge in [0.15, 0.2) is 0 Å². The first kappa shape index (κ1) is 17.0. The number of nitrogens with zero attached hydrogens (tertiary/aromatic N) is 3. The van der Waals surface area contributed by atoms with Crippen LogP contribution in [0.15, 0.2) is 24.3 Å². The van der Waals surface area contributed by atoms with Gasteiger partial charge in [0.1, 0.15) is 17.3 Å². The molecule has 2 heterocycles. The summed E-state index contributed by atoms with van der Waals surface area (Å²) in [5.41, 5.74) is 1.04. The summed E-state index contributed by atoms with van der Waals surface area (Å²) in [6.07, 6.45) is 0. The predicted molar refractivity (Wildman–Crippen MR) is 93.2 cm³/mol. The molecule has 2 aromatic rings. The van der Waals surface area contributed by atoms with Crippen molar-refractivity contribution in [1.29, 1.82) is 0 Å². The molecule has 0 aliphatic carbocycles. The van der Waals surface area contributed by atoms with E-state index in [-0.39, 0.29) is 5.91 Å². The monoisotopic (exact) mass is 366 g/mol. The SMILES string of the molecule is Cc1nc(Nc2cc(Cl)cc(Cl)c2)cc(C(=O)N2CCOCC2)n1. The van der Waals surface area contributed by atoms with Gasteiger partial charge in [0, 0.05) is 34.9 Å². The molecule has 0 bridgehead atoms. The minimum atomic E-state index is -0.129. The average Bonchev–Trinajstić information content (AvgIpc) is 2.53. The normalized spacial score (nSPS) is 14.5. The summed E-state index contributed by atoms with van der Waals surface area (Å²) in [5.74, 6) is 0.887. The van der Waals surface area contributed by atoms with Crippen molar-refractivity contribution < 1.29 is 9.53 Å². The highest BCUT2D eigenvalue weighted by molar-refractivity contribution is 6.35. The lowest BCUT2D eigenvalue weighted by Crippen LogP contribution is -2.41. The fourth-order valence-corrected chi connectivity index (χ4v) is 2.97. The van der Waals surface area contributed by atoms with E-state index in [1.807, 2.05) is 0 Å². The van der Waals surface area contributed by atoms with Crippen molar-refractivity contribution in [2.24, 2.45) is 0 Å². The zero-order valence-corrected chi connectivity index (χ0v) is 14.6. The van der Waals surface area contributed by atoms with Gasteiger partial charge in [-0.15, -0.1) is 0 Å². The number of hydrogen-bond donors (Lipinski definition) is 1. The molecule has 0 saturated carbocycles. The van der Waals surface area contributed by atoms with Crippen molar-refractivity contribution in [3.05, 3.63) is 45.8 Å². The van der Waals surface area contributed by atoms with E-state index in [4.69, 9.17) is 27.9 Å². The average molecular weight is 367 g/mol. The summed E-state index contributed by atoms with van der Waals surface area (Å²) in [5, 5.41) is 4.14. The number of aryl methyl sites for hydroxylation is 1. The number of anilines is 2. The molecular weight excluding hydrogens is 351 g/mol. The Labute approximate surface area is 149 Å². The third kappa shape index (κ3) is 4.14. The minimum Gasteiger partial charge on any atom is -0.378 e. The van der Waals surface area contributed by atoms with Gasteiger partial charge in [0.2, 0.25) is 0 Å². The first-order valence-corrected chi connectivity index (χ1v) is 8.23. The lowest BCUT2D eigenvalue weighted by atomic mass is 10.3. The first-order chi connectivity index (χ1) is 11.5. The van der Waals surface area contributed by atoms with Crippen LogP contribution in [0.1, 0.15) is 16.3 Å². The number of halogens is 2. The number of ether oxygens (including phenoxy) is 1. The molecule has 1 fully saturated rings. The topological polar surface area (TPSA) is 67.4 Å². The van der Waals surface area contributed by atoms with Crippen LogP contribution in [0.4, 0.5) is 11.5 Å². The number of rotatable bonds is 3. The zero-order chi connectivity index (χ0) is 17.1. The van der Waals surface area contributed by atoms with E-state index in [0.29, 0.717) is 59.4 Å². The van der Waals surface area contributed by atoms with Crippen LogP contribution in [0, 0.1) is 6.92 Å². The van der Waals surface area contributed by atoms with Crippen LogP contribution in [-0.4, -0.2) is 47.1 Å². The Balaban J connectivity index is 1.84. The fourth-order valence-electron chi connectivity index (χ4n) is 2.44. The molecule has 1 amide bonds. The maximum Gasteiger partial charge on any atom is 0.272 e. The fraction of sp³-hybridized carbons (Fsp3) is 0.312. The Morgan fingerprint density at radius 2 is 1.79 bits per heavy atom. The maximum atomic E-state index is 12.6. The Bertz CT molecular complexity index is 743. The zero-order valence-electron chi connectivity index (χ0n) is 13.1. The van der Waals surface area contributed by atoms with Crippen LogP contribution >= 0.6 is 23.2 Å². The second kappa shape index (κ2) is 7.34. The van der Waals surface area contributed by atoms with Crippen LogP contribution in [0.2, 0.25) is 10.0 Å². The van der Waals surface area contributed by atoms with Crippen molar-refractivity contribution in [3.63, 3.8) is 0 Å². The van der Waals surface area contributed by atoms with Crippen LogP contribution in [0.3, 0.4) is 0 Å². The predicted octanol–water partition coefficient (Wildman–Crippen LogP) is 3.31. The van der Waals surface area contributed by atoms with Crippen LogP contribution < -0.4 is 5.32 Å². The quantitative estimate of drug-likeness (QED) is 0.902. The summed E-state index contributed by atoms with van der Waals surface area (Å²) < 4.78 is 5.27. The highest BCUT2D eigenvalue weighted by atomic mass is 35.5. The van der Waals surface area contributed by atoms with E-state index < -0.39 is 0 Å². The Kier molecular flexibility index (Phi) is 5.18. The minimum absolute atomic E-state index is 0.129. The number of amides is 1. The van der Waals surface area contributed by atoms with Gasteiger partial charge in [-0.25, -0.2) is 9.97 Å². The van der Waals surface area contributed by atoms with E-state index in [9.17, 15) is 4.79 Å². The standard InChI is InChI=1S/C16H16Cl2N4O2/c1-10-19-14(16(23)22-2-4-24-5-3-22)9-15(20-10)21-13-7-11(17)6-12(18)8-13/h6-9H,2-5H2,1H3,(H,19,20,21). The van der Waals surface area contributed by atoms with Crippen molar-refractivity contribution in [2.45, 2.75) is 6.92 Å². The highest BCUT2D eigenvalue weighted by Gasteiger charge is 2.20. The van der Waals surface area contributed by atoms with Gasteiger partial charge >= 0.3 is 0 Å².